The first kappa shape index (κ1) is 15.9. The minimum atomic E-state index is -1.05. The van der Waals surface area contributed by atoms with E-state index in [0.717, 1.165) is 11.8 Å². The number of benzene rings is 1. The number of hydrogen-bond donors (Lipinski definition) is 2. The summed E-state index contributed by atoms with van der Waals surface area (Å²) in [7, 11) is 3.06. The van der Waals surface area contributed by atoms with E-state index >= 15 is 0 Å². The van der Waals surface area contributed by atoms with E-state index in [9.17, 15) is 9.90 Å². The molecule has 0 fully saturated rings. The second-order valence-corrected chi connectivity index (χ2v) is 5.24. The average molecular weight is 321 g/mol. The zero-order valence-electron chi connectivity index (χ0n) is 12.3. The minimum absolute atomic E-state index is 0.103. The van der Waals surface area contributed by atoms with Gasteiger partial charge in [0.15, 0.2) is 11.5 Å². The Hall–Kier alpha value is -2.48. The topological polar surface area (TPSA) is 97.3 Å². The number of carboxylic acids is 1. The van der Waals surface area contributed by atoms with Crippen LogP contribution in [0.15, 0.2) is 28.3 Å². The SMILES string of the molecule is COc1ccc(C=C(Sc2n[nH]c(C)n2)C(=O)O)cc1OC. The smallest absolute Gasteiger partial charge is 0.342 e. The predicted octanol–water partition coefficient (Wildman–Crippen LogP) is 2.35. The zero-order chi connectivity index (χ0) is 16.1. The molecule has 1 aromatic heterocycles. The van der Waals surface area contributed by atoms with Crippen LogP contribution in [0.2, 0.25) is 0 Å². The Morgan fingerprint density at radius 1 is 1.32 bits per heavy atom. The second-order valence-electron chi connectivity index (χ2n) is 4.23. The van der Waals surface area contributed by atoms with E-state index in [1.807, 2.05) is 0 Å². The summed E-state index contributed by atoms with van der Waals surface area (Å²) in [4.78, 5) is 15.6. The van der Waals surface area contributed by atoms with Crippen LogP contribution < -0.4 is 9.47 Å². The summed E-state index contributed by atoms with van der Waals surface area (Å²) in [5.41, 5.74) is 0.676. The molecule has 0 aliphatic rings. The number of hydrogen-bond acceptors (Lipinski definition) is 6. The summed E-state index contributed by atoms with van der Waals surface area (Å²) in [6.07, 6.45) is 1.53. The number of carbonyl (C=O) groups is 1. The summed E-state index contributed by atoms with van der Waals surface area (Å²) in [5.74, 6) is 0.675. The van der Waals surface area contributed by atoms with E-state index in [4.69, 9.17) is 9.47 Å². The van der Waals surface area contributed by atoms with Crippen LogP contribution in [-0.4, -0.2) is 40.5 Å². The maximum atomic E-state index is 11.4. The van der Waals surface area contributed by atoms with Crippen molar-refractivity contribution in [2.24, 2.45) is 0 Å². The number of nitrogens with one attached hydrogen (secondary N) is 1. The van der Waals surface area contributed by atoms with Crippen molar-refractivity contribution in [3.05, 3.63) is 34.5 Å². The Labute approximate surface area is 131 Å². The van der Waals surface area contributed by atoms with Crippen molar-refractivity contribution in [2.75, 3.05) is 14.2 Å². The van der Waals surface area contributed by atoms with Crippen molar-refractivity contribution in [3.63, 3.8) is 0 Å². The Kier molecular flexibility index (Phi) is 5.05. The van der Waals surface area contributed by atoms with E-state index in [2.05, 4.69) is 15.2 Å². The fraction of sp³-hybridized carbons (Fsp3) is 0.214. The monoisotopic (exact) mass is 321 g/mol. The number of methoxy groups -OCH3 is 2. The third-order valence-corrected chi connectivity index (χ3v) is 3.57. The van der Waals surface area contributed by atoms with Gasteiger partial charge in [0.1, 0.15) is 10.7 Å². The number of aromatic amines is 1. The molecule has 2 N–H and O–H groups in total. The molecular weight excluding hydrogens is 306 g/mol. The molecule has 0 unspecified atom stereocenters. The van der Waals surface area contributed by atoms with Crippen LogP contribution in [-0.2, 0) is 4.79 Å². The van der Waals surface area contributed by atoms with Crippen LogP contribution in [0, 0.1) is 6.92 Å². The van der Waals surface area contributed by atoms with Crippen molar-refractivity contribution in [1.82, 2.24) is 15.2 Å². The van der Waals surface area contributed by atoms with Gasteiger partial charge in [-0.3, -0.25) is 5.10 Å². The molecule has 1 aromatic carbocycles. The molecule has 0 saturated carbocycles. The third kappa shape index (κ3) is 3.79. The molecule has 0 saturated heterocycles. The molecule has 0 amide bonds. The average Bonchev–Trinajstić information content (AvgIpc) is 2.91. The van der Waals surface area contributed by atoms with E-state index in [0.29, 0.717) is 28.0 Å². The van der Waals surface area contributed by atoms with Gasteiger partial charge in [-0.2, -0.15) is 0 Å². The first-order chi connectivity index (χ1) is 10.5. The highest BCUT2D eigenvalue weighted by Gasteiger charge is 2.13. The van der Waals surface area contributed by atoms with Gasteiger partial charge in [-0.15, -0.1) is 5.10 Å². The quantitative estimate of drug-likeness (QED) is 0.622. The molecular formula is C14H15N3O4S. The summed E-state index contributed by atoms with van der Waals surface area (Å²) >= 11 is 0.972. The molecule has 1 heterocycles. The lowest BCUT2D eigenvalue weighted by Gasteiger charge is -2.08. The van der Waals surface area contributed by atoms with Gasteiger partial charge >= 0.3 is 5.97 Å². The molecule has 7 nitrogen and oxygen atoms in total. The van der Waals surface area contributed by atoms with Crippen LogP contribution in [0.1, 0.15) is 11.4 Å². The number of H-pyrrole nitrogens is 1. The van der Waals surface area contributed by atoms with Gasteiger partial charge in [-0.25, -0.2) is 9.78 Å². The highest BCUT2D eigenvalue weighted by atomic mass is 32.2. The lowest BCUT2D eigenvalue weighted by atomic mass is 10.2. The normalized spacial score (nSPS) is 11.3. The molecule has 116 valence electrons. The molecule has 0 bridgehead atoms. The number of rotatable bonds is 6. The number of aliphatic carboxylic acids is 1. The number of nitrogens with zero attached hydrogens (tertiary/aromatic N) is 2. The van der Waals surface area contributed by atoms with Gasteiger partial charge in [-0.1, -0.05) is 6.07 Å². The summed E-state index contributed by atoms with van der Waals surface area (Å²) < 4.78 is 10.4. The fourth-order valence-corrected chi connectivity index (χ4v) is 2.45. The third-order valence-electron chi connectivity index (χ3n) is 2.69. The summed E-state index contributed by atoms with van der Waals surface area (Å²) in [6, 6.07) is 5.16. The first-order valence-electron chi connectivity index (χ1n) is 6.27. The van der Waals surface area contributed by atoms with Gasteiger partial charge in [0.25, 0.3) is 0 Å². The Morgan fingerprint density at radius 3 is 2.59 bits per heavy atom. The highest BCUT2D eigenvalue weighted by Crippen LogP contribution is 2.31. The van der Waals surface area contributed by atoms with Crippen molar-refractivity contribution in [2.45, 2.75) is 12.1 Å². The van der Waals surface area contributed by atoms with E-state index in [-0.39, 0.29) is 4.91 Å². The number of aromatic nitrogens is 3. The van der Waals surface area contributed by atoms with Crippen molar-refractivity contribution < 1.29 is 19.4 Å². The van der Waals surface area contributed by atoms with Gasteiger partial charge in [0.2, 0.25) is 5.16 Å². The molecule has 22 heavy (non-hydrogen) atoms. The van der Waals surface area contributed by atoms with Crippen LogP contribution in [0.3, 0.4) is 0 Å². The second kappa shape index (κ2) is 6.99. The highest BCUT2D eigenvalue weighted by molar-refractivity contribution is 8.04. The molecule has 0 atom stereocenters. The maximum absolute atomic E-state index is 11.4. The number of ether oxygens (including phenoxy) is 2. The van der Waals surface area contributed by atoms with Crippen LogP contribution >= 0.6 is 11.8 Å². The number of carboxylic acid groups (broad SMARTS) is 1. The van der Waals surface area contributed by atoms with Gasteiger partial charge in [0.05, 0.1) is 14.2 Å². The largest absolute Gasteiger partial charge is 0.493 e. The standard InChI is InChI=1S/C14H15N3O4S/c1-8-15-14(17-16-8)22-12(13(18)19)7-9-4-5-10(20-2)11(6-9)21-3/h4-7H,1-3H3,(H,18,19)(H,15,16,17). The fourth-order valence-electron chi connectivity index (χ4n) is 1.70. The Balaban J connectivity index is 2.31. The van der Waals surface area contributed by atoms with E-state index < -0.39 is 5.97 Å². The van der Waals surface area contributed by atoms with Crippen molar-refractivity contribution in [3.8, 4) is 11.5 Å². The lowest BCUT2D eigenvalue weighted by molar-refractivity contribution is -0.131. The van der Waals surface area contributed by atoms with Gasteiger partial charge in [0, 0.05) is 0 Å². The number of thioether (sulfide) groups is 1. The van der Waals surface area contributed by atoms with Gasteiger partial charge in [-0.05, 0) is 42.5 Å². The van der Waals surface area contributed by atoms with E-state index in [1.54, 1.807) is 25.1 Å². The van der Waals surface area contributed by atoms with Crippen LogP contribution in [0.25, 0.3) is 6.08 Å². The molecule has 0 radical (unpaired) electrons. The van der Waals surface area contributed by atoms with Crippen LogP contribution in [0.5, 0.6) is 11.5 Å². The zero-order valence-corrected chi connectivity index (χ0v) is 13.1. The molecule has 0 aliphatic heterocycles. The maximum Gasteiger partial charge on any atom is 0.342 e. The lowest BCUT2D eigenvalue weighted by Crippen LogP contribution is -1.97. The number of aryl methyl sites for hydroxylation is 1. The first-order valence-corrected chi connectivity index (χ1v) is 7.09. The molecule has 2 aromatic rings. The summed E-state index contributed by atoms with van der Waals surface area (Å²) in [5, 5.41) is 16.3. The van der Waals surface area contributed by atoms with Crippen LogP contribution in [0.4, 0.5) is 0 Å². The van der Waals surface area contributed by atoms with E-state index in [1.165, 1.54) is 20.3 Å². The van der Waals surface area contributed by atoms with Crippen molar-refractivity contribution >= 4 is 23.8 Å². The van der Waals surface area contributed by atoms with Gasteiger partial charge < -0.3 is 14.6 Å². The Morgan fingerprint density at radius 2 is 2.05 bits per heavy atom. The predicted molar refractivity (Wildman–Crippen MR) is 82.1 cm³/mol. The molecule has 8 heteroatoms. The molecule has 0 aliphatic carbocycles. The minimum Gasteiger partial charge on any atom is -0.493 e. The molecule has 0 spiro atoms. The summed E-state index contributed by atoms with van der Waals surface area (Å²) in [6.45, 7) is 1.75. The Bertz CT molecular complexity index is 712. The molecule has 2 rings (SSSR count). The van der Waals surface area contributed by atoms with Crippen molar-refractivity contribution in [1.29, 1.82) is 0 Å².